The first-order chi connectivity index (χ1) is 22.6. The molecule has 3 aliphatic carbocycles. The van der Waals surface area contributed by atoms with Gasteiger partial charge in [0.1, 0.15) is 11.3 Å². The molecule has 3 aliphatic rings. The predicted molar refractivity (Wildman–Crippen MR) is 192 cm³/mol. The van der Waals surface area contributed by atoms with Crippen LogP contribution in [0.1, 0.15) is 64.5 Å². The van der Waals surface area contributed by atoms with E-state index in [1.165, 1.54) is 11.1 Å². The van der Waals surface area contributed by atoms with Crippen molar-refractivity contribution in [1.29, 1.82) is 5.41 Å². The Bertz CT molecular complexity index is 2190. The number of aryl methyl sites for hydroxylation is 2. The van der Waals surface area contributed by atoms with Crippen molar-refractivity contribution in [3.05, 3.63) is 154 Å². The van der Waals surface area contributed by atoms with Gasteiger partial charge in [0.05, 0.1) is 5.71 Å². The van der Waals surface area contributed by atoms with E-state index in [2.05, 4.69) is 115 Å². The Morgan fingerprint density at radius 1 is 0.913 bits per heavy atom. The van der Waals surface area contributed by atoms with E-state index < -0.39 is 0 Å². The summed E-state index contributed by atoms with van der Waals surface area (Å²) in [6, 6.07) is 18.9. The molecule has 0 spiro atoms. The van der Waals surface area contributed by atoms with Gasteiger partial charge in [0.25, 0.3) is 0 Å². The summed E-state index contributed by atoms with van der Waals surface area (Å²) in [4.78, 5) is 9.62. The van der Waals surface area contributed by atoms with Crippen molar-refractivity contribution < 1.29 is 4.42 Å². The van der Waals surface area contributed by atoms with Gasteiger partial charge >= 0.3 is 0 Å². The number of hydrogen-bond donors (Lipinski definition) is 1. The number of amidine groups is 1. The van der Waals surface area contributed by atoms with Gasteiger partial charge in [-0.05, 0) is 65.5 Å². The molecule has 0 saturated carbocycles. The van der Waals surface area contributed by atoms with Crippen molar-refractivity contribution in [2.24, 2.45) is 16.8 Å². The molecule has 8 rings (SSSR count). The third kappa shape index (κ3) is 5.20. The van der Waals surface area contributed by atoms with Crippen LogP contribution in [-0.2, 0) is 12.8 Å². The van der Waals surface area contributed by atoms with Crippen LogP contribution in [0.2, 0.25) is 0 Å². The Labute approximate surface area is 269 Å². The van der Waals surface area contributed by atoms with Gasteiger partial charge in [0, 0.05) is 57.8 Å². The summed E-state index contributed by atoms with van der Waals surface area (Å²) in [6.07, 6.45) is 29.7. The monoisotopic (exact) mass is 597 g/mol. The Balaban J connectivity index is 1.23. The van der Waals surface area contributed by atoms with Crippen LogP contribution in [0.4, 0.5) is 0 Å². The lowest BCUT2D eigenvalue weighted by atomic mass is 9.89. The highest BCUT2D eigenvalue weighted by atomic mass is 16.3. The topological polar surface area (TPSA) is 62.2 Å². The van der Waals surface area contributed by atoms with Crippen LogP contribution in [0.15, 0.2) is 119 Å². The SMILES string of the molecule is CC1C=CC=CC1/C=C\c1ccc(C(=N)/N=C(/c2ccc3c(c2)C=CCC3)c2cc3oc4c(c3c3cnccc23)C=CCC4)cc1. The minimum Gasteiger partial charge on any atom is -0.460 e. The van der Waals surface area contributed by atoms with E-state index in [0.29, 0.717) is 11.8 Å². The van der Waals surface area contributed by atoms with E-state index in [4.69, 9.17) is 9.41 Å². The average molecular weight is 598 g/mol. The molecule has 2 aromatic heterocycles. The van der Waals surface area contributed by atoms with Gasteiger partial charge in [0.15, 0.2) is 5.84 Å². The number of nitrogens with zero attached hydrogens (tertiary/aromatic N) is 2. The molecular formula is C42H35N3O. The standard InChI is InChI=1S/C42H35N3O/c1-27-8-2-3-9-29(27)17-14-28-15-18-31(19-16-28)42(43)45-41(33-21-20-30-10-4-5-11-32(30)24-33)36-25-39-40(37-26-44-23-22-34(36)37)35-12-6-7-13-38(35)46-39/h2-3,5-6,8-9,11-12,14-27,29,43H,4,7,10,13H2,1H3/b17-14-,43-42?,45-41-. The van der Waals surface area contributed by atoms with Crippen molar-refractivity contribution >= 4 is 51.5 Å². The van der Waals surface area contributed by atoms with Crippen molar-refractivity contribution in [3.8, 4) is 0 Å². The molecule has 5 aromatic rings. The maximum Gasteiger partial charge on any atom is 0.152 e. The maximum absolute atomic E-state index is 9.20. The Kier molecular flexibility index (Phi) is 7.26. The summed E-state index contributed by atoms with van der Waals surface area (Å²) in [5.74, 6) is 2.11. The highest BCUT2D eigenvalue weighted by molar-refractivity contribution is 6.27. The van der Waals surface area contributed by atoms with E-state index in [0.717, 1.165) is 86.7 Å². The molecular weight excluding hydrogens is 562 g/mol. The molecule has 0 radical (unpaired) electrons. The first kappa shape index (κ1) is 28.1. The minimum atomic E-state index is 0.219. The fourth-order valence-corrected chi connectivity index (χ4v) is 6.88. The largest absolute Gasteiger partial charge is 0.460 e. The molecule has 0 fully saturated rings. The first-order valence-corrected chi connectivity index (χ1v) is 16.2. The number of allylic oxidation sites excluding steroid dienone is 7. The van der Waals surface area contributed by atoms with Crippen LogP contribution >= 0.6 is 0 Å². The average Bonchev–Trinajstić information content (AvgIpc) is 3.49. The number of aromatic nitrogens is 1. The van der Waals surface area contributed by atoms with Gasteiger partial charge in [0.2, 0.25) is 0 Å². The van der Waals surface area contributed by atoms with Gasteiger partial charge in [-0.25, -0.2) is 4.99 Å². The van der Waals surface area contributed by atoms with Gasteiger partial charge in [-0.2, -0.15) is 0 Å². The number of furan rings is 1. The van der Waals surface area contributed by atoms with Gasteiger partial charge in [-0.15, -0.1) is 0 Å². The van der Waals surface area contributed by atoms with Gasteiger partial charge in [-0.3, -0.25) is 10.4 Å². The third-order valence-corrected chi connectivity index (χ3v) is 9.46. The fraction of sp³-hybridized carbons (Fsp3) is 0.167. The smallest absolute Gasteiger partial charge is 0.152 e. The maximum atomic E-state index is 9.20. The summed E-state index contributed by atoms with van der Waals surface area (Å²) in [5, 5.41) is 12.4. The molecule has 4 nitrogen and oxygen atoms in total. The highest BCUT2D eigenvalue weighted by Gasteiger charge is 2.22. The summed E-state index contributed by atoms with van der Waals surface area (Å²) < 4.78 is 6.48. The van der Waals surface area contributed by atoms with Crippen LogP contribution in [0.3, 0.4) is 0 Å². The van der Waals surface area contributed by atoms with E-state index in [-0.39, 0.29) is 5.84 Å². The second-order valence-corrected chi connectivity index (χ2v) is 12.4. The van der Waals surface area contributed by atoms with Gasteiger partial charge < -0.3 is 4.42 Å². The lowest BCUT2D eigenvalue weighted by Crippen LogP contribution is -2.10. The fourth-order valence-electron chi connectivity index (χ4n) is 6.88. The van der Waals surface area contributed by atoms with E-state index in [9.17, 15) is 5.41 Å². The van der Waals surface area contributed by atoms with Crippen LogP contribution in [0.5, 0.6) is 0 Å². The zero-order valence-corrected chi connectivity index (χ0v) is 25.9. The first-order valence-electron chi connectivity index (χ1n) is 16.2. The Hall–Kier alpha value is -5.35. The third-order valence-electron chi connectivity index (χ3n) is 9.46. The summed E-state index contributed by atoms with van der Waals surface area (Å²) in [5.41, 5.74) is 9.08. The number of hydrogen-bond acceptors (Lipinski definition) is 3. The molecule has 4 heteroatoms. The molecule has 0 aliphatic heterocycles. The molecule has 0 amide bonds. The molecule has 2 unspecified atom stereocenters. The second kappa shape index (κ2) is 11.9. The molecule has 46 heavy (non-hydrogen) atoms. The Morgan fingerprint density at radius 3 is 2.63 bits per heavy atom. The molecule has 0 bridgehead atoms. The Morgan fingerprint density at radius 2 is 1.74 bits per heavy atom. The quantitative estimate of drug-likeness (QED) is 0.162. The van der Waals surface area contributed by atoms with Crippen molar-refractivity contribution in [1.82, 2.24) is 4.98 Å². The zero-order valence-electron chi connectivity index (χ0n) is 25.9. The van der Waals surface area contributed by atoms with Gasteiger partial charge in [-0.1, -0.05) is 104 Å². The molecule has 1 N–H and O–H groups in total. The number of rotatable bonds is 5. The summed E-state index contributed by atoms with van der Waals surface area (Å²) in [7, 11) is 0. The number of pyridine rings is 1. The molecule has 2 heterocycles. The minimum absolute atomic E-state index is 0.219. The molecule has 224 valence electrons. The summed E-state index contributed by atoms with van der Waals surface area (Å²) in [6.45, 7) is 2.24. The number of fused-ring (bicyclic) bond motifs is 6. The van der Waals surface area contributed by atoms with Crippen molar-refractivity contribution in [2.75, 3.05) is 0 Å². The van der Waals surface area contributed by atoms with Crippen LogP contribution in [0.25, 0.3) is 40.0 Å². The number of aliphatic imine (C=N–C) groups is 1. The lowest BCUT2D eigenvalue weighted by Gasteiger charge is -2.16. The van der Waals surface area contributed by atoms with Crippen LogP contribution in [-0.4, -0.2) is 16.5 Å². The lowest BCUT2D eigenvalue weighted by molar-refractivity contribution is 0.546. The van der Waals surface area contributed by atoms with Crippen molar-refractivity contribution in [2.45, 2.75) is 32.6 Å². The van der Waals surface area contributed by atoms with E-state index >= 15 is 0 Å². The zero-order chi connectivity index (χ0) is 31.0. The predicted octanol–water partition coefficient (Wildman–Crippen LogP) is 10.2. The summed E-state index contributed by atoms with van der Waals surface area (Å²) >= 11 is 0. The molecule has 2 atom stereocenters. The van der Waals surface area contributed by atoms with Crippen LogP contribution < -0.4 is 0 Å². The molecule has 0 saturated heterocycles. The second-order valence-electron chi connectivity index (χ2n) is 12.4. The van der Waals surface area contributed by atoms with E-state index in [1.54, 1.807) is 0 Å². The molecule has 3 aromatic carbocycles. The van der Waals surface area contributed by atoms with E-state index in [1.807, 2.05) is 24.5 Å². The highest BCUT2D eigenvalue weighted by Crippen LogP contribution is 2.38. The van der Waals surface area contributed by atoms with Crippen molar-refractivity contribution in [3.63, 3.8) is 0 Å². The normalized spacial score (nSPS) is 18.8. The number of nitrogens with one attached hydrogen (secondary N) is 1. The van der Waals surface area contributed by atoms with Crippen LogP contribution in [0, 0.1) is 17.2 Å². The number of benzene rings is 3.